The lowest BCUT2D eigenvalue weighted by Crippen LogP contribution is -2.51. The lowest BCUT2D eigenvalue weighted by atomic mass is 9.53. The Hall–Kier alpha value is -1.17. The molecule has 3 aliphatic carbocycles. The number of rotatable bonds is 10. The summed E-state index contributed by atoms with van der Waals surface area (Å²) in [7, 11) is 0. The number of hydrogen-bond donors (Lipinski definition) is 2. The smallest absolute Gasteiger partial charge is 0.408 e. The Morgan fingerprint density at radius 1 is 1.03 bits per heavy atom. The van der Waals surface area contributed by atoms with Crippen molar-refractivity contribution in [2.45, 2.75) is 152 Å². The van der Waals surface area contributed by atoms with Crippen molar-refractivity contribution in [3.8, 4) is 0 Å². The Bertz CT molecular complexity index is 701. The van der Waals surface area contributed by atoms with Crippen molar-refractivity contribution >= 4 is 13.0 Å². The van der Waals surface area contributed by atoms with Crippen molar-refractivity contribution in [3.05, 3.63) is 12.3 Å². The molecule has 5 nitrogen and oxygen atoms in total. The minimum atomic E-state index is -0.533. The van der Waals surface area contributed by atoms with Crippen molar-refractivity contribution in [1.82, 2.24) is 10.6 Å². The van der Waals surface area contributed by atoms with Crippen molar-refractivity contribution < 1.29 is 14.2 Å². The third kappa shape index (κ3) is 10.8. The molecule has 5 unspecified atom stereocenters. The van der Waals surface area contributed by atoms with Crippen LogP contribution in [0.3, 0.4) is 0 Å². The van der Waals surface area contributed by atoms with E-state index in [1.807, 2.05) is 34.6 Å². The summed E-state index contributed by atoms with van der Waals surface area (Å²) in [5.74, 6) is 2.59. The van der Waals surface area contributed by atoms with Gasteiger partial charge < -0.3 is 20.0 Å². The third-order valence-electron chi connectivity index (χ3n) is 8.37. The van der Waals surface area contributed by atoms with Crippen LogP contribution >= 0.6 is 0 Å². The average Bonchev–Trinajstić information content (AvgIpc) is 2.91. The second-order valence-electron chi connectivity index (χ2n) is 13.7. The summed E-state index contributed by atoms with van der Waals surface area (Å²) < 4.78 is 12.3. The van der Waals surface area contributed by atoms with E-state index in [2.05, 4.69) is 65.6 Å². The van der Waals surface area contributed by atoms with Crippen LogP contribution in [0.2, 0.25) is 6.82 Å². The zero-order chi connectivity index (χ0) is 28.6. The number of alkyl carbamates (subject to hydrolysis) is 1. The minimum absolute atomic E-state index is 0.0669. The largest absolute Gasteiger partial charge is 0.444 e. The Kier molecular flexibility index (Phi) is 13.6. The molecule has 6 heteroatoms. The topological polar surface area (TPSA) is 59.6 Å². The van der Waals surface area contributed by atoms with Gasteiger partial charge in [0.1, 0.15) is 5.60 Å². The maximum absolute atomic E-state index is 12.5. The normalized spacial score (nSPS) is 24.8. The lowest BCUT2D eigenvalue weighted by Gasteiger charge is -2.52. The van der Waals surface area contributed by atoms with Gasteiger partial charge in [0.25, 0.3) is 0 Å². The molecular weight excluding hydrogens is 459 g/mol. The molecule has 0 heterocycles. The second kappa shape index (κ2) is 14.8. The van der Waals surface area contributed by atoms with Crippen LogP contribution in [0.5, 0.6) is 0 Å². The number of carbonyl (C=O) groups excluding carboxylic acids is 1. The van der Waals surface area contributed by atoms with E-state index in [0.717, 1.165) is 36.8 Å². The van der Waals surface area contributed by atoms with Gasteiger partial charge in [0.15, 0.2) is 0 Å². The van der Waals surface area contributed by atoms with Gasteiger partial charge in [0.05, 0.1) is 6.04 Å². The zero-order valence-electron chi connectivity index (χ0n) is 26.5. The fraction of sp³-hybridized carbons (Fsp3) is 0.903. The molecule has 5 atom stereocenters. The summed E-state index contributed by atoms with van der Waals surface area (Å²) in [4.78, 5) is 12.5. The number of hydrogen-bond acceptors (Lipinski definition) is 4. The van der Waals surface area contributed by atoms with Gasteiger partial charge in [-0.25, -0.2) is 4.79 Å². The molecule has 3 fully saturated rings. The van der Waals surface area contributed by atoms with E-state index in [0.29, 0.717) is 17.4 Å². The summed E-state index contributed by atoms with van der Waals surface area (Å²) >= 11 is 0. The number of ether oxygens (including phenoxy) is 1. The number of nitrogens with one attached hydrogen (secondary N) is 2. The molecule has 0 aromatic rings. The third-order valence-corrected chi connectivity index (χ3v) is 8.37. The van der Waals surface area contributed by atoms with E-state index in [1.165, 1.54) is 25.7 Å². The van der Waals surface area contributed by atoms with Crippen LogP contribution in [-0.2, 0) is 9.39 Å². The van der Waals surface area contributed by atoms with Crippen LogP contribution in [0.1, 0.15) is 121 Å². The Labute approximate surface area is 230 Å². The van der Waals surface area contributed by atoms with Crippen LogP contribution in [0.25, 0.3) is 0 Å². The van der Waals surface area contributed by atoms with Gasteiger partial charge in [-0.2, -0.15) is 0 Å². The predicted molar refractivity (Wildman–Crippen MR) is 160 cm³/mol. The van der Waals surface area contributed by atoms with Crippen molar-refractivity contribution in [3.63, 3.8) is 0 Å². The Balaban J connectivity index is 0.00000334. The van der Waals surface area contributed by atoms with Crippen molar-refractivity contribution in [2.24, 2.45) is 29.1 Å². The summed E-state index contributed by atoms with van der Waals surface area (Å²) in [6.45, 7) is 29.9. The summed E-state index contributed by atoms with van der Waals surface area (Å²) in [5, 5.41) is 6.70. The summed E-state index contributed by atoms with van der Waals surface area (Å²) in [6.07, 6.45) is 8.53. The molecule has 0 saturated heterocycles. The van der Waals surface area contributed by atoms with Crippen LogP contribution in [0.15, 0.2) is 12.3 Å². The van der Waals surface area contributed by atoms with E-state index in [9.17, 15) is 4.79 Å². The first-order chi connectivity index (χ1) is 17.1. The van der Waals surface area contributed by atoms with Crippen molar-refractivity contribution in [1.29, 1.82) is 0 Å². The van der Waals surface area contributed by atoms with Crippen LogP contribution in [0.4, 0.5) is 4.79 Å². The molecule has 2 bridgehead atoms. The molecule has 3 aliphatic rings. The quantitative estimate of drug-likeness (QED) is 0.285. The first kappa shape index (κ1) is 33.9. The molecule has 0 aromatic carbocycles. The van der Waals surface area contributed by atoms with Gasteiger partial charge in [0, 0.05) is 17.7 Å². The number of fused-ring (bicyclic) bond motifs is 5. The molecule has 0 aromatic heterocycles. The lowest BCUT2D eigenvalue weighted by molar-refractivity contribution is -0.0301. The fourth-order valence-corrected chi connectivity index (χ4v) is 6.06. The highest BCUT2D eigenvalue weighted by Crippen LogP contribution is 2.56. The van der Waals surface area contributed by atoms with Gasteiger partial charge in [-0.1, -0.05) is 75.2 Å². The highest BCUT2D eigenvalue weighted by molar-refractivity contribution is 6.52. The average molecular weight is 521 g/mol. The van der Waals surface area contributed by atoms with Gasteiger partial charge in [-0.3, -0.25) is 0 Å². The highest BCUT2D eigenvalue weighted by atomic mass is 16.6. The molecule has 2 N–H and O–H groups in total. The summed E-state index contributed by atoms with van der Waals surface area (Å²) in [5.41, 5.74) is 0.797. The van der Waals surface area contributed by atoms with Gasteiger partial charge >= 0.3 is 13.0 Å². The monoisotopic (exact) mass is 520 g/mol. The molecule has 0 radical (unpaired) electrons. The maximum Gasteiger partial charge on any atom is 0.408 e. The van der Waals surface area contributed by atoms with Gasteiger partial charge in [0.2, 0.25) is 0 Å². The molecule has 0 aliphatic heterocycles. The minimum Gasteiger partial charge on any atom is -0.444 e. The standard InChI is InChI=1S/C29H55BN2O3.C2H6/c1-19(2)17-25(31-21(5)26(20(3)4)32-27(33)34-28(6,7)8)30(11)35-24-14-12-13-22-18-23(15-16-24)29(22,9)10;1-2/h19-20,22-26,31H,5,12-18H2,1-4,6-11H3,(H,32,33);1-2H3. The second-order valence-corrected chi connectivity index (χ2v) is 13.7. The molecule has 37 heavy (non-hydrogen) atoms. The molecule has 1 amide bonds. The molecule has 216 valence electrons. The first-order valence-corrected chi connectivity index (χ1v) is 15.2. The van der Waals surface area contributed by atoms with E-state index >= 15 is 0 Å². The predicted octanol–water partition coefficient (Wildman–Crippen LogP) is 8.25. The van der Waals surface area contributed by atoms with E-state index < -0.39 is 11.7 Å². The molecule has 3 rings (SSSR count). The Morgan fingerprint density at radius 2 is 1.62 bits per heavy atom. The fourth-order valence-electron chi connectivity index (χ4n) is 6.06. The number of carbonyl (C=O) groups is 1. The SMILES string of the molecule is C=C(NC(CC(C)C)B(C)OC1CCCC2CC(CC1)C2(C)C)C(NC(=O)OC(C)(C)C)C(C)C.CC. The van der Waals surface area contributed by atoms with Crippen LogP contribution < -0.4 is 10.6 Å². The highest BCUT2D eigenvalue weighted by Gasteiger charge is 2.47. The maximum atomic E-state index is 12.5. The Morgan fingerprint density at radius 3 is 2.14 bits per heavy atom. The van der Waals surface area contributed by atoms with Crippen molar-refractivity contribution in [2.75, 3.05) is 0 Å². The first-order valence-electron chi connectivity index (χ1n) is 15.2. The van der Waals surface area contributed by atoms with Gasteiger partial charge in [-0.15, -0.1) is 0 Å². The molecule has 3 saturated carbocycles. The number of amides is 1. The van der Waals surface area contributed by atoms with Crippen LogP contribution in [-0.4, -0.2) is 36.7 Å². The zero-order valence-corrected chi connectivity index (χ0v) is 26.5. The van der Waals surface area contributed by atoms with E-state index in [1.54, 1.807) is 0 Å². The van der Waals surface area contributed by atoms with E-state index in [-0.39, 0.29) is 24.8 Å². The molecular formula is C31H61BN2O3. The van der Waals surface area contributed by atoms with Gasteiger partial charge in [-0.05, 0) is 88.4 Å². The van der Waals surface area contributed by atoms with E-state index in [4.69, 9.17) is 9.39 Å². The molecule has 0 spiro atoms. The van der Waals surface area contributed by atoms with Crippen LogP contribution in [0, 0.1) is 29.1 Å². The summed E-state index contributed by atoms with van der Waals surface area (Å²) in [6, 6.07) is -0.217.